The van der Waals surface area contributed by atoms with Crippen LogP contribution in [0.15, 0.2) is 36.4 Å². The first kappa shape index (κ1) is 15.0. The van der Waals surface area contributed by atoms with Crippen LogP contribution in [0.3, 0.4) is 0 Å². The second-order valence-electron chi connectivity index (χ2n) is 4.92. The number of carbonyl (C=O) groups excluding carboxylic acids is 1. The summed E-state index contributed by atoms with van der Waals surface area (Å²) < 4.78 is 6.65. The summed E-state index contributed by atoms with van der Waals surface area (Å²) in [5.41, 5.74) is 3.98. The number of carbonyl (C=O) groups is 1. The van der Waals surface area contributed by atoms with Crippen LogP contribution in [-0.4, -0.2) is 12.4 Å². The number of hydrogen-bond acceptors (Lipinski definition) is 2. The van der Waals surface area contributed by atoms with Crippen molar-refractivity contribution in [3.05, 3.63) is 62.2 Å². The Bertz CT molecular complexity index is 624. The van der Waals surface area contributed by atoms with Gasteiger partial charge >= 0.3 is 0 Å². The minimum atomic E-state index is 0.0275. The Labute approximate surface area is 133 Å². The Kier molecular flexibility index (Phi) is 4.81. The van der Waals surface area contributed by atoms with Crippen LogP contribution < -0.4 is 4.74 Å². The van der Waals surface area contributed by atoms with Gasteiger partial charge in [0.2, 0.25) is 5.78 Å². The van der Waals surface area contributed by atoms with Crippen molar-refractivity contribution in [2.75, 3.05) is 6.61 Å². The molecule has 0 spiro atoms. The molecule has 2 aromatic carbocycles. The van der Waals surface area contributed by atoms with Crippen molar-refractivity contribution in [2.45, 2.75) is 20.8 Å². The number of ketones is 1. The lowest BCUT2D eigenvalue weighted by molar-refractivity contribution is 0.0919. The molecule has 0 bridgehead atoms. The maximum Gasteiger partial charge on any atom is 0.200 e. The molecule has 0 aliphatic carbocycles. The molecule has 0 aliphatic heterocycles. The third-order valence-corrected chi connectivity index (χ3v) is 4.04. The number of benzene rings is 2. The number of halogens is 1. The van der Waals surface area contributed by atoms with E-state index in [0.29, 0.717) is 0 Å². The van der Waals surface area contributed by atoms with E-state index in [1.54, 1.807) is 0 Å². The summed E-state index contributed by atoms with van der Waals surface area (Å²) >= 11 is 2.20. The molecule has 2 nitrogen and oxygen atoms in total. The SMILES string of the molecule is Cc1cc(C)c(C(=O)COc2ccccc2I)c(C)c1. The van der Waals surface area contributed by atoms with E-state index in [1.165, 1.54) is 5.56 Å². The second kappa shape index (κ2) is 6.39. The minimum Gasteiger partial charge on any atom is -0.484 e. The summed E-state index contributed by atoms with van der Waals surface area (Å²) in [6.45, 7) is 6.06. The Morgan fingerprint density at radius 1 is 1.10 bits per heavy atom. The molecule has 2 aromatic rings. The topological polar surface area (TPSA) is 26.3 Å². The Hall–Kier alpha value is -1.36. The van der Waals surface area contributed by atoms with Crippen LogP contribution >= 0.6 is 22.6 Å². The van der Waals surface area contributed by atoms with Crippen molar-refractivity contribution in [3.63, 3.8) is 0 Å². The normalized spacial score (nSPS) is 10.4. The van der Waals surface area contributed by atoms with Gasteiger partial charge in [0, 0.05) is 5.56 Å². The molecular weight excluding hydrogens is 363 g/mol. The molecule has 3 heteroatoms. The van der Waals surface area contributed by atoms with Gasteiger partial charge in [-0.15, -0.1) is 0 Å². The number of hydrogen-bond donors (Lipinski definition) is 0. The number of ether oxygens (including phenoxy) is 1. The van der Waals surface area contributed by atoms with E-state index in [0.717, 1.165) is 26.0 Å². The summed E-state index contributed by atoms with van der Waals surface area (Å²) in [5, 5.41) is 0. The molecule has 0 radical (unpaired) electrons. The van der Waals surface area contributed by atoms with Gasteiger partial charge in [-0.05, 0) is 66.6 Å². The first-order valence-corrected chi connectivity index (χ1v) is 7.55. The van der Waals surface area contributed by atoms with Crippen LogP contribution in [0.5, 0.6) is 5.75 Å². The molecule has 0 N–H and O–H groups in total. The lowest BCUT2D eigenvalue weighted by atomic mass is 9.97. The quantitative estimate of drug-likeness (QED) is 0.578. The molecule has 0 atom stereocenters. The van der Waals surface area contributed by atoms with Crippen molar-refractivity contribution >= 4 is 28.4 Å². The maximum atomic E-state index is 12.4. The van der Waals surface area contributed by atoms with Crippen LogP contribution in [0.25, 0.3) is 0 Å². The van der Waals surface area contributed by atoms with Crippen molar-refractivity contribution in [2.24, 2.45) is 0 Å². The molecule has 0 saturated heterocycles. The molecule has 0 amide bonds. The lowest BCUT2D eigenvalue weighted by Gasteiger charge is -2.12. The van der Waals surface area contributed by atoms with Gasteiger partial charge in [-0.2, -0.15) is 0 Å². The summed E-state index contributed by atoms with van der Waals surface area (Å²) in [6.07, 6.45) is 0. The van der Waals surface area contributed by atoms with E-state index in [1.807, 2.05) is 57.2 Å². The highest BCUT2D eigenvalue weighted by atomic mass is 127. The van der Waals surface area contributed by atoms with Gasteiger partial charge < -0.3 is 4.74 Å². The average Bonchev–Trinajstić information content (AvgIpc) is 2.36. The fraction of sp³-hybridized carbons (Fsp3) is 0.235. The van der Waals surface area contributed by atoms with Crippen molar-refractivity contribution < 1.29 is 9.53 Å². The zero-order chi connectivity index (χ0) is 14.7. The predicted octanol–water partition coefficient (Wildman–Crippen LogP) is 4.48. The molecule has 0 saturated carbocycles. The standard InChI is InChI=1S/C17H17IO2/c1-11-8-12(2)17(13(3)9-11)15(19)10-20-16-7-5-4-6-14(16)18/h4-9H,10H2,1-3H3. The van der Waals surface area contributed by atoms with Gasteiger partial charge in [-0.3, -0.25) is 4.79 Å². The first-order chi connectivity index (χ1) is 9.49. The minimum absolute atomic E-state index is 0.0275. The molecule has 0 heterocycles. The largest absolute Gasteiger partial charge is 0.484 e. The fourth-order valence-electron chi connectivity index (χ4n) is 2.40. The molecule has 20 heavy (non-hydrogen) atoms. The number of Topliss-reactive ketones (excluding diaryl/α,β-unsaturated/α-hetero) is 1. The Morgan fingerprint density at radius 2 is 1.70 bits per heavy atom. The number of rotatable bonds is 4. The van der Waals surface area contributed by atoms with Gasteiger partial charge in [0.15, 0.2) is 6.61 Å². The van der Waals surface area contributed by atoms with Crippen molar-refractivity contribution in [1.82, 2.24) is 0 Å². The summed E-state index contributed by atoms with van der Waals surface area (Å²) in [7, 11) is 0. The lowest BCUT2D eigenvalue weighted by Crippen LogP contribution is -2.15. The smallest absolute Gasteiger partial charge is 0.200 e. The van der Waals surface area contributed by atoms with E-state index >= 15 is 0 Å². The van der Waals surface area contributed by atoms with Crippen LogP contribution in [-0.2, 0) is 0 Å². The van der Waals surface area contributed by atoms with E-state index in [4.69, 9.17) is 4.74 Å². The third kappa shape index (κ3) is 3.39. The van der Waals surface area contributed by atoms with E-state index < -0.39 is 0 Å². The summed E-state index contributed by atoms with van der Waals surface area (Å²) in [6, 6.07) is 11.8. The van der Waals surface area contributed by atoms with E-state index in [2.05, 4.69) is 22.6 Å². The Morgan fingerprint density at radius 3 is 2.30 bits per heavy atom. The maximum absolute atomic E-state index is 12.4. The average molecular weight is 380 g/mol. The molecule has 2 rings (SSSR count). The molecular formula is C17H17IO2. The number of para-hydroxylation sites is 1. The zero-order valence-electron chi connectivity index (χ0n) is 11.9. The molecule has 0 unspecified atom stereocenters. The molecule has 0 fully saturated rings. The fourth-order valence-corrected chi connectivity index (χ4v) is 2.94. The Balaban J connectivity index is 2.16. The van der Waals surface area contributed by atoms with Gasteiger partial charge in [0.05, 0.1) is 3.57 Å². The summed E-state index contributed by atoms with van der Waals surface area (Å²) in [4.78, 5) is 12.4. The van der Waals surface area contributed by atoms with Gasteiger partial charge in [-0.1, -0.05) is 29.8 Å². The highest BCUT2D eigenvalue weighted by Gasteiger charge is 2.14. The van der Waals surface area contributed by atoms with Crippen molar-refractivity contribution in [3.8, 4) is 5.75 Å². The summed E-state index contributed by atoms with van der Waals surface area (Å²) in [5.74, 6) is 0.781. The van der Waals surface area contributed by atoms with E-state index in [9.17, 15) is 4.79 Å². The number of aryl methyl sites for hydroxylation is 3. The van der Waals surface area contributed by atoms with Gasteiger partial charge in [0.25, 0.3) is 0 Å². The molecule has 0 aliphatic rings. The highest BCUT2D eigenvalue weighted by molar-refractivity contribution is 14.1. The predicted molar refractivity (Wildman–Crippen MR) is 89.6 cm³/mol. The van der Waals surface area contributed by atoms with Crippen LogP contribution in [0.1, 0.15) is 27.0 Å². The van der Waals surface area contributed by atoms with Crippen LogP contribution in [0, 0.1) is 24.3 Å². The van der Waals surface area contributed by atoms with Gasteiger partial charge in [0.1, 0.15) is 5.75 Å². The second-order valence-corrected chi connectivity index (χ2v) is 6.08. The third-order valence-electron chi connectivity index (χ3n) is 3.15. The molecule has 104 valence electrons. The van der Waals surface area contributed by atoms with Crippen LogP contribution in [0.4, 0.5) is 0 Å². The highest BCUT2D eigenvalue weighted by Crippen LogP contribution is 2.21. The van der Waals surface area contributed by atoms with Crippen LogP contribution in [0.2, 0.25) is 0 Å². The monoisotopic (exact) mass is 380 g/mol. The molecule has 0 aromatic heterocycles. The van der Waals surface area contributed by atoms with E-state index in [-0.39, 0.29) is 12.4 Å². The van der Waals surface area contributed by atoms with Gasteiger partial charge in [-0.25, -0.2) is 0 Å². The zero-order valence-corrected chi connectivity index (χ0v) is 14.0. The van der Waals surface area contributed by atoms with Crippen molar-refractivity contribution in [1.29, 1.82) is 0 Å². The first-order valence-electron chi connectivity index (χ1n) is 6.47.